The monoisotopic (exact) mass is 463 g/mol. The maximum absolute atomic E-state index is 6.35. The predicted molar refractivity (Wildman–Crippen MR) is 98.6 cm³/mol. The number of hydrogen-bond acceptors (Lipinski definition) is 1. The molecule has 0 aliphatic rings. The zero-order valence-corrected chi connectivity index (χ0v) is 15.9. The molecule has 2 aromatic carbocycles. The summed E-state index contributed by atoms with van der Waals surface area (Å²) in [5.74, 6) is 0. The van der Waals surface area contributed by atoms with Crippen LogP contribution in [0, 0.1) is 10.5 Å². The first-order chi connectivity index (χ1) is 9.51. The van der Waals surface area contributed by atoms with Crippen molar-refractivity contribution >= 4 is 50.1 Å². The van der Waals surface area contributed by atoms with E-state index in [0.29, 0.717) is 0 Å². The van der Waals surface area contributed by atoms with Crippen molar-refractivity contribution in [3.8, 4) is 0 Å². The molecule has 0 saturated heterocycles. The van der Waals surface area contributed by atoms with Crippen LogP contribution in [0.2, 0.25) is 5.02 Å². The van der Waals surface area contributed by atoms with Crippen molar-refractivity contribution in [2.24, 2.45) is 0 Å². The number of aryl methyl sites for hydroxylation is 1. The maximum atomic E-state index is 6.35. The van der Waals surface area contributed by atoms with E-state index in [1.54, 1.807) is 0 Å². The van der Waals surface area contributed by atoms with Crippen molar-refractivity contribution in [1.82, 2.24) is 5.32 Å². The molecule has 0 amide bonds. The van der Waals surface area contributed by atoms with E-state index in [-0.39, 0.29) is 6.04 Å². The van der Waals surface area contributed by atoms with Crippen LogP contribution in [-0.2, 0) is 6.42 Å². The van der Waals surface area contributed by atoms with E-state index < -0.39 is 0 Å². The number of likely N-dealkylation sites (N-methyl/N-ethyl adjacent to an activating group) is 1. The Kier molecular flexibility index (Phi) is 5.90. The van der Waals surface area contributed by atoms with E-state index in [0.717, 1.165) is 15.9 Å². The second kappa shape index (κ2) is 7.25. The third-order valence-corrected chi connectivity index (χ3v) is 5.06. The highest BCUT2D eigenvalue weighted by Crippen LogP contribution is 2.29. The SMILES string of the molecule is CNC(Cc1ccc(C)cc1Cl)c1cc(I)ccc1Br. The Bertz CT molecular complexity index is 615. The van der Waals surface area contributed by atoms with Crippen LogP contribution >= 0.6 is 50.1 Å². The van der Waals surface area contributed by atoms with Gasteiger partial charge in [-0.25, -0.2) is 0 Å². The Balaban J connectivity index is 2.31. The van der Waals surface area contributed by atoms with Gasteiger partial charge < -0.3 is 5.32 Å². The molecule has 1 N–H and O–H groups in total. The summed E-state index contributed by atoms with van der Waals surface area (Å²) in [5.41, 5.74) is 3.62. The van der Waals surface area contributed by atoms with Gasteiger partial charge in [-0.1, -0.05) is 39.7 Å². The summed E-state index contributed by atoms with van der Waals surface area (Å²) >= 11 is 12.3. The third kappa shape index (κ3) is 3.97. The fraction of sp³-hybridized carbons (Fsp3) is 0.250. The van der Waals surface area contributed by atoms with Gasteiger partial charge in [0.2, 0.25) is 0 Å². The summed E-state index contributed by atoms with van der Waals surface area (Å²) in [4.78, 5) is 0. The van der Waals surface area contributed by atoms with Crippen molar-refractivity contribution < 1.29 is 0 Å². The lowest BCUT2D eigenvalue weighted by molar-refractivity contribution is 0.589. The lowest BCUT2D eigenvalue weighted by atomic mass is 9.98. The zero-order chi connectivity index (χ0) is 14.7. The molecule has 0 fully saturated rings. The summed E-state index contributed by atoms with van der Waals surface area (Å²) in [7, 11) is 1.99. The van der Waals surface area contributed by atoms with Crippen LogP contribution in [-0.4, -0.2) is 7.05 Å². The molecule has 4 heteroatoms. The highest BCUT2D eigenvalue weighted by Gasteiger charge is 2.15. The fourth-order valence-electron chi connectivity index (χ4n) is 2.19. The van der Waals surface area contributed by atoms with E-state index in [4.69, 9.17) is 11.6 Å². The Labute approximate surface area is 147 Å². The van der Waals surface area contributed by atoms with Crippen LogP contribution in [0.25, 0.3) is 0 Å². The van der Waals surface area contributed by atoms with Crippen molar-refractivity contribution in [3.63, 3.8) is 0 Å². The molecule has 0 bridgehead atoms. The quantitative estimate of drug-likeness (QED) is 0.588. The van der Waals surface area contributed by atoms with Crippen LogP contribution in [0.1, 0.15) is 22.7 Å². The number of rotatable bonds is 4. The average molecular weight is 465 g/mol. The molecule has 2 aromatic rings. The van der Waals surface area contributed by atoms with Crippen molar-refractivity contribution in [1.29, 1.82) is 0 Å². The number of nitrogens with one attached hydrogen (secondary N) is 1. The molecule has 2 rings (SSSR count). The van der Waals surface area contributed by atoms with Gasteiger partial charge in [0.1, 0.15) is 0 Å². The molecule has 1 atom stereocenters. The van der Waals surface area contributed by atoms with Gasteiger partial charge in [-0.05, 0) is 83.9 Å². The molecule has 0 aliphatic carbocycles. The molecule has 1 unspecified atom stereocenters. The van der Waals surface area contributed by atoms with Gasteiger partial charge in [0.05, 0.1) is 0 Å². The molecule has 0 saturated carbocycles. The number of hydrogen-bond donors (Lipinski definition) is 1. The first kappa shape index (κ1) is 16.3. The van der Waals surface area contributed by atoms with E-state index >= 15 is 0 Å². The van der Waals surface area contributed by atoms with Crippen LogP contribution < -0.4 is 5.32 Å². The molecular formula is C16H16BrClIN. The lowest BCUT2D eigenvalue weighted by Crippen LogP contribution is -2.19. The van der Waals surface area contributed by atoms with Crippen LogP contribution in [0.3, 0.4) is 0 Å². The summed E-state index contributed by atoms with van der Waals surface area (Å²) in [5, 5.41) is 4.22. The minimum atomic E-state index is 0.235. The van der Waals surface area contributed by atoms with Crippen molar-refractivity contribution in [3.05, 3.63) is 66.2 Å². The average Bonchev–Trinajstić information content (AvgIpc) is 2.41. The van der Waals surface area contributed by atoms with Gasteiger partial charge in [-0.2, -0.15) is 0 Å². The lowest BCUT2D eigenvalue weighted by Gasteiger charge is -2.19. The molecule has 106 valence electrons. The minimum Gasteiger partial charge on any atom is -0.313 e. The first-order valence-corrected chi connectivity index (χ1v) is 8.63. The molecule has 0 spiro atoms. The van der Waals surface area contributed by atoms with Crippen molar-refractivity contribution in [2.75, 3.05) is 7.05 Å². The van der Waals surface area contributed by atoms with Crippen LogP contribution in [0.15, 0.2) is 40.9 Å². The standard InChI is InChI=1S/C16H16BrClIN/c1-10-3-4-11(15(18)7-10)8-16(20-2)13-9-12(19)5-6-14(13)17/h3-7,9,16,20H,8H2,1-2H3. The molecular weight excluding hydrogens is 448 g/mol. The smallest absolute Gasteiger partial charge is 0.0441 e. The molecule has 0 heterocycles. The fourth-order valence-corrected chi connectivity index (χ4v) is 3.54. The van der Waals surface area contributed by atoms with E-state index in [2.05, 4.69) is 81.1 Å². The van der Waals surface area contributed by atoms with Gasteiger partial charge >= 0.3 is 0 Å². The van der Waals surface area contributed by atoms with E-state index in [1.165, 1.54) is 20.3 Å². The van der Waals surface area contributed by atoms with Gasteiger partial charge in [-0.3, -0.25) is 0 Å². The number of halogens is 3. The Hall–Kier alpha value is -0.100. The third-order valence-electron chi connectivity index (χ3n) is 3.31. The predicted octanol–water partition coefficient (Wildman–Crippen LogP) is 5.52. The molecule has 20 heavy (non-hydrogen) atoms. The van der Waals surface area contributed by atoms with Crippen molar-refractivity contribution in [2.45, 2.75) is 19.4 Å². The molecule has 0 aromatic heterocycles. The summed E-state index contributed by atoms with van der Waals surface area (Å²) < 4.78 is 2.36. The Morgan fingerprint density at radius 3 is 2.65 bits per heavy atom. The Morgan fingerprint density at radius 2 is 2.00 bits per heavy atom. The highest BCUT2D eigenvalue weighted by molar-refractivity contribution is 14.1. The zero-order valence-electron chi connectivity index (χ0n) is 11.4. The molecule has 0 radical (unpaired) electrons. The topological polar surface area (TPSA) is 12.0 Å². The number of benzene rings is 2. The summed E-state index contributed by atoms with van der Waals surface area (Å²) in [6.07, 6.45) is 0.869. The maximum Gasteiger partial charge on any atom is 0.0441 e. The van der Waals surface area contributed by atoms with E-state index in [9.17, 15) is 0 Å². The molecule has 1 nitrogen and oxygen atoms in total. The second-order valence-electron chi connectivity index (χ2n) is 4.81. The summed E-state index contributed by atoms with van der Waals surface area (Å²) in [6, 6.07) is 12.9. The minimum absolute atomic E-state index is 0.235. The van der Waals surface area contributed by atoms with Crippen LogP contribution in [0.4, 0.5) is 0 Å². The largest absolute Gasteiger partial charge is 0.313 e. The highest BCUT2D eigenvalue weighted by atomic mass is 127. The summed E-state index contributed by atoms with van der Waals surface area (Å²) in [6.45, 7) is 2.06. The van der Waals surface area contributed by atoms with Gasteiger partial charge in [0.15, 0.2) is 0 Å². The van der Waals surface area contributed by atoms with Gasteiger partial charge in [-0.15, -0.1) is 0 Å². The van der Waals surface area contributed by atoms with Gasteiger partial charge in [0, 0.05) is 19.1 Å². The van der Waals surface area contributed by atoms with Gasteiger partial charge in [0.25, 0.3) is 0 Å². The van der Waals surface area contributed by atoms with Crippen LogP contribution in [0.5, 0.6) is 0 Å². The first-order valence-electron chi connectivity index (χ1n) is 6.38. The van der Waals surface area contributed by atoms with E-state index in [1.807, 2.05) is 13.1 Å². The normalized spacial score (nSPS) is 12.4. The second-order valence-corrected chi connectivity index (χ2v) is 7.31. The molecule has 0 aliphatic heterocycles. The Morgan fingerprint density at radius 1 is 1.25 bits per heavy atom.